The monoisotopic (exact) mass is 153 g/mol. The molecule has 0 bridgehead atoms. The van der Waals surface area contributed by atoms with E-state index in [0.29, 0.717) is 6.10 Å². The van der Waals surface area contributed by atoms with Crippen LogP contribution in [0.4, 0.5) is 0 Å². The third kappa shape index (κ3) is 2.53. The highest BCUT2D eigenvalue weighted by molar-refractivity contribution is 4.99. The van der Waals surface area contributed by atoms with E-state index in [9.17, 15) is 0 Å². The number of nitrogens with zero attached hydrogens (tertiary/aromatic N) is 1. The molecule has 1 rings (SSSR count). The third-order valence-corrected chi connectivity index (χ3v) is 2.04. The van der Waals surface area contributed by atoms with Crippen molar-refractivity contribution in [3.63, 3.8) is 0 Å². The van der Waals surface area contributed by atoms with Gasteiger partial charge in [0.1, 0.15) is 0 Å². The minimum atomic E-state index is 0.439. The number of hydrogen-bond donors (Lipinski definition) is 0. The molecule has 11 heavy (non-hydrogen) atoms. The van der Waals surface area contributed by atoms with Gasteiger partial charge in [0.05, 0.1) is 12.6 Å². The fourth-order valence-corrected chi connectivity index (χ4v) is 1.32. The maximum Gasteiger partial charge on any atom is 0.0710 e. The second-order valence-corrected chi connectivity index (χ2v) is 2.81. The Bertz CT molecular complexity index is 168. The summed E-state index contributed by atoms with van der Waals surface area (Å²) in [5.41, 5.74) is 0. The summed E-state index contributed by atoms with van der Waals surface area (Å²) in [6.07, 6.45) is 1.59. The number of hydrogen-bond acceptors (Lipinski definition) is 2. The van der Waals surface area contributed by atoms with E-state index in [-0.39, 0.29) is 0 Å². The molecule has 1 heterocycles. The maximum absolute atomic E-state index is 5.23. The van der Waals surface area contributed by atoms with Crippen LogP contribution in [0, 0.1) is 11.8 Å². The van der Waals surface area contributed by atoms with Gasteiger partial charge in [-0.1, -0.05) is 5.92 Å². The van der Waals surface area contributed by atoms with Crippen molar-refractivity contribution in [1.29, 1.82) is 0 Å². The molecular weight excluding hydrogens is 138 g/mol. The van der Waals surface area contributed by atoms with Crippen molar-refractivity contribution < 1.29 is 4.74 Å². The minimum absolute atomic E-state index is 0.439. The molecular formula is C9H15NO. The van der Waals surface area contributed by atoms with Crippen molar-refractivity contribution >= 4 is 0 Å². The summed E-state index contributed by atoms with van der Waals surface area (Å²) in [7, 11) is 1.78. The third-order valence-electron chi connectivity index (χ3n) is 2.04. The van der Waals surface area contributed by atoms with Crippen molar-refractivity contribution in [3.05, 3.63) is 0 Å². The molecule has 0 aromatic carbocycles. The standard InChI is InChI=1S/C9H15NO/c1-3-4-6-10-7-5-9(8-10)11-2/h9H,5-8H2,1-2H3. The Kier molecular flexibility index (Phi) is 3.41. The maximum atomic E-state index is 5.23. The Labute approximate surface area is 68.5 Å². The van der Waals surface area contributed by atoms with Gasteiger partial charge in [-0.3, -0.25) is 4.90 Å². The summed E-state index contributed by atoms with van der Waals surface area (Å²) in [5.74, 6) is 5.95. The molecule has 1 unspecified atom stereocenters. The summed E-state index contributed by atoms with van der Waals surface area (Å²) in [6.45, 7) is 4.96. The summed E-state index contributed by atoms with van der Waals surface area (Å²) in [6, 6.07) is 0. The molecule has 1 saturated heterocycles. The van der Waals surface area contributed by atoms with Gasteiger partial charge in [-0.25, -0.2) is 0 Å². The van der Waals surface area contributed by atoms with Crippen LogP contribution >= 0.6 is 0 Å². The first-order valence-corrected chi connectivity index (χ1v) is 4.01. The predicted octanol–water partition coefficient (Wildman–Crippen LogP) is 0.730. The first kappa shape index (κ1) is 8.58. The molecule has 1 atom stereocenters. The van der Waals surface area contributed by atoms with E-state index in [2.05, 4.69) is 16.7 Å². The lowest BCUT2D eigenvalue weighted by molar-refractivity contribution is 0.110. The summed E-state index contributed by atoms with van der Waals surface area (Å²) >= 11 is 0. The van der Waals surface area contributed by atoms with E-state index in [1.54, 1.807) is 7.11 Å². The normalized spacial score (nSPS) is 24.7. The van der Waals surface area contributed by atoms with Crippen molar-refractivity contribution in [2.24, 2.45) is 0 Å². The van der Waals surface area contributed by atoms with E-state index in [1.807, 2.05) is 6.92 Å². The van der Waals surface area contributed by atoms with Crippen LogP contribution in [0.3, 0.4) is 0 Å². The van der Waals surface area contributed by atoms with E-state index < -0.39 is 0 Å². The predicted molar refractivity (Wildman–Crippen MR) is 45.3 cm³/mol. The van der Waals surface area contributed by atoms with Crippen LogP contribution < -0.4 is 0 Å². The van der Waals surface area contributed by atoms with Gasteiger partial charge in [-0.15, -0.1) is 5.92 Å². The molecule has 0 aliphatic carbocycles. The van der Waals surface area contributed by atoms with Gasteiger partial charge < -0.3 is 4.74 Å². The average Bonchev–Trinajstić information content (AvgIpc) is 2.48. The number of rotatable bonds is 2. The molecule has 0 aromatic rings. The van der Waals surface area contributed by atoms with Crippen molar-refractivity contribution in [2.75, 3.05) is 26.7 Å². The molecule has 0 aromatic heterocycles. The molecule has 1 aliphatic heterocycles. The van der Waals surface area contributed by atoms with Crippen LogP contribution in [0.5, 0.6) is 0 Å². The molecule has 0 spiro atoms. The van der Waals surface area contributed by atoms with Crippen LogP contribution in [0.15, 0.2) is 0 Å². The molecule has 0 amide bonds. The topological polar surface area (TPSA) is 12.5 Å². The van der Waals surface area contributed by atoms with Crippen molar-refractivity contribution in [3.8, 4) is 11.8 Å². The van der Waals surface area contributed by atoms with Crippen molar-refractivity contribution in [2.45, 2.75) is 19.4 Å². The van der Waals surface area contributed by atoms with Crippen molar-refractivity contribution in [1.82, 2.24) is 4.90 Å². The Balaban J connectivity index is 2.22. The highest BCUT2D eigenvalue weighted by atomic mass is 16.5. The Morgan fingerprint density at radius 3 is 3.00 bits per heavy atom. The van der Waals surface area contributed by atoms with E-state index in [1.165, 1.54) is 0 Å². The van der Waals surface area contributed by atoms with Gasteiger partial charge in [-0.2, -0.15) is 0 Å². The zero-order valence-corrected chi connectivity index (χ0v) is 7.26. The van der Waals surface area contributed by atoms with E-state index in [0.717, 1.165) is 26.1 Å². The Hall–Kier alpha value is -0.520. The molecule has 0 N–H and O–H groups in total. The number of methoxy groups -OCH3 is 1. The van der Waals surface area contributed by atoms with Gasteiger partial charge >= 0.3 is 0 Å². The van der Waals surface area contributed by atoms with E-state index >= 15 is 0 Å². The number of likely N-dealkylation sites (tertiary alicyclic amines) is 1. The van der Waals surface area contributed by atoms with Gasteiger partial charge in [0.25, 0.3) is 0 Å². The minimum Gasteiger partial charge on any atom is -0.380 e. The second-order valence-electron chi connectivity index (χ2n) is 2.81. The van der Waals surface area contributed by atoms with Crippen LogP contribution in [0.25, 0.3) is 0 Å². The van der Waals surface area contributed by atoms with Gasteiger partial charge in [0.2, 0.25) is 0 Å². The highest BCUT2D eigenvalue weighted by Crippen LogP contribution is 2.10. The highest BCUT2D eigenvalue weighted by Gasteiger charge is 2.20. The summed E-state index contributed by atoms with van der Waals surface area (Å²) in [4.78, 5) is 2.32. The smallest absolute Gasteiger partial charge is 0.0710 e. The lowest BCUT2D eigenvalue weighted by atomic mass is 10.3. The van der Waals surface area contributed by atoms with Crippen LogP contribution in [-0.4, -0.2) is 37.7 Å². The van der Waals surface area contributed by atoms with Gasteiger partial charge in [0, 0.05) is 20.2 Å². The Morgan fingerprint density at radius 1 is 1.64 bits per heavy atom. The first-order valence-electron chi connectivity index (χ1n) is 4.01. The molecule has 0 saturated carbocycles. The summed E-state index contributed by atoms with van der Waals surface area (Å²) in [5, 5.41) is 0. The molecule has 2 heteroatoms. The molecule has 0 radical (unpaired) electrons. The molecule has 1 aliphatic rings. The quantitative estimate of drug-likeness (QED) is 0.542. The largest absolute Gasteiger partial charge is 0.380 e. The summed E-state index contributed by atoms with van der Waals surface area (Å²) < 4.78 is 5.23. The SMILES string of the molecule is CC#CCN1CCC(OC)C1. The lowest BCUT2D eigenvalue weighted by Gasteiger charge is -2.10. The van der Waals surface area contributed by atoms with Crippen LogP contribution in [-0.2, 0) is 4.74 Å². The van der Waals surface area contributed by atoms with Gasteiger partial charge in [-0.05, 0) is 13.3 Å². The zero-order valence-electron chi connectivity index (χ0n) is 7.26. The van der Waals surface area contributed by atoms with Gasteiger partial charge in [0.15, 0.2) is 0 Å². The van der Waals surface area contributed by atoms with Crippen LogP contribution in [0.1, 0.15) is 13.3 Å². The van der Waals surface area contributed by atoms with Crippen LogP contribution in [0.2, 0.25) is 0 Å². The molecule has 62 valence electrons. The first-order chi connectivity index (χ1) is 5.36. The molecule has 2 nitrogen and oxygen atoms in total. The fraction of sp³-hybridized carbons (Fsp3) is 0.778. The number of ether oxygens (including phenoxy) is 1. The van der Waals surface area contributed by atoms with E-state index in [4.69, 9.17) is 4.74 Å². The zero-order chi connectivity index (χ0) is 8.10. The Morgan fingerprint density at radius 2 is 2.45 bits per heavy atom. The lowest BCUT2D eigenvalue weighted by Crippen LogP contribution is -2.23. The molecule has 1 fully saturated rings. The second kappa shape index (κ2) is 4.38. The fourth-order valence-electron chi connectivity index (χ4n) is 1.32. The average molecular weight is 153 g/mol.